The Balaban J connectivity index is 1.74. The van der Waals surface area contributed by atoms with Crippen LogP contribution in [0.15, 0.2) is 41.6 Å². The normalized spacial score (nSPS) is 18.3. The van der Waals surface area contributed by atoms with E-state index in [1.807, 2.05) is 18.0 Å². The summed E-state index contributed by atoms with van der Waals surface area (Å²) in [4.78, 5) is 5.91. The summed E-state index contributed by atoms with van der Waals surface area (Å²) in [5.41, 5.74) is 1.50. The first-order chi connectivity index (χ1) is 8.74. The number of imidazole rings is 1. The molecule has 0 aliphatic carbocycles. The van der Waals surface area contributed by atoms with Crippen molar-refractivity contribution < 1.29 is 0 Å². The van der Waals surface area contributed by atoms with Crippen molar-refractivity contribution in [1.29, 1.82) is 0 Å². The number of rotatable bonds is 3. The molecular weight excluding hydrogens is 240 g/mol. The first kappa shape index (κ1) is 11.8. The summed E-state index contributed by atoms with van der Waals surface area (Å²) in [7, 11) is 0. The minimum atomic E-state index is 0.494. The Labute approximate surface area is 112 Å². The van der Waals surface area contributed by atoms with E-state index >= 15 is 0 Å². The van der Waals surface area contributed by atoms with Gasteiger partial charge in [-0.3, -0.25) is 0 Å². The summed E-state index contributed by atoms with van der Waals surface area (Å²) in [6, 6.07) is 8.75. The van der Waals surface area contributed by atoms with Crippen LogP contribution in [0.5, 0.6) is 0 Å². The summed E-state index contributed by atoms with van der Waals surface area (Å²) in [6.07, 6.45) is 5.21. The highest BCUT2D eigenvalue weighted by atomic mass is 32.2. The third-order valence-corrected chi connectivity index (χ3v) is 4.68. The van der Waals surface area contributed by atoms with Crippen LogP contribution in [0.2, 0.25) is 0 Å². The molecule has 0 radical (unpaired) electrons. The maximum atomic E-state index is 4.46. The van der Waals surface area contributed by atoms with Gasteiger partial charge in [-0.05, 0) is 18.1 Å². The summed E-state index contributed by atoms with van der Waals surface area (Å²) >= 11 is 2.01. The van der Waals surface area contributed by atoms with Gasteiger partial charge >= 0.3 is 0 Å². The highest BCUT2D eigenvalue weighted by Gasteiger charge is 2.23. The van der Waals surface area contributed by atoms with Crippen LogP contribution in [0.3, 0.4) is 0 Å². The quantitative estimate of drug-likeness (QED) is 0.835. The zero-order valence-corrected chi connectivity index (χ0v) is 11.7. The minimum Gasteiger partial charge on any atom is -0.334 e. The Hall–Kier alpha value is -1.22. The molecule has 0 amide bonds. The fourth-order valence-corrected chi connectivity index (χ4v) is 3.87. The largest absolute Gasteiger partial charge is 0.334 e. The first-order valence-electron chi connectivity index (χ1n) is 6.49. The zero-order valence-electron chi connectivity index (χ0n) is 10.8. The Bertz CT molecular complexity index is 520. The smallest absolute Gasteiger partial charge is 0.111 e. The lowest BCUT2D eigenvalue weighted by molar-refractivity contribution is 0.603. The molecule has 2 heterocycles. The molecule has 0 fully saturated rings. The van der Waals surface area contributed by atoms with Crippen LogP contribution >= 0.6 is 11.8 Å². The zero-order chi connectivity index (χ0) is 12.5. The van der Waals surface area contributed by atoms with Gasteiger partial charge in [-0.1, -0.05) is 32.0 Å². The van der Waals surface area contributed by atoms with Crippen molar-refractivity contribution in [3.8, 4) is 0 Å². The topological polar surface area (TPSA) is 17.8 Å². The average Bonchev–Trinajstić information content (AvgIpc) is 2.94. The van der Waals surface area contributed by atoms with Crippen molar-refractivity contribution in [2.24, 2.45) is 0 Å². The number of aromatic nitrogens is 2. The van der Waals surface area contributed by atoms with E-state index in [1.165, 1.54) is 22.7 Å². The summed E-state index contributed by atoms with van der Waals surface area (Å²) in [6.45, 7) is 5.47. The van der Waals surface area contributed by atoms with Crippen molar-refractivity contribution >= 4 is 11.8 Å². The molecule has 0 bridgehead atoms. The molecule has 2 aromatic rings. The average molecular weight is 258 g/mol. The van der Waals surface area contributed by atoms with Crippen molar-refractivity contribution in [3.05, 3.63) is 48.0 Å². The van der Waals surface area contributed by atoms with E-state index in [-0.39, 0.29) is 0 Å². The van der Waals surface area contributed by atoms with Crippen molar-refractivity contribution in [3.63, 3.8) is 0 Å². The summed E-state index contributed by atoms with van der Waals surface area (Å²) in [5.74, 6) is 1.69. The molecule has 3 rings (SSSR count). The van der Waals surface area contributed by atoms with E-state index in [0.29, 0.717) is 11.2 Å². The maximum Gasteiger partial charge on any atom is 0.111 e. The second-order valence-corrected chi connectivity index (χ2v) is 6.49. The van der Waals surface area contributed by atoms with Gasteiger partial charge in [0.2, 0.25) is 0 Å². The number of benzene rings is 1. The Morgan fingerprint density at radius 2 is 2.22 bits per heavy atom. The van der Waals surface area contributed by atoms with Gasteiger partial charge in [0, 0.05) is 35.0 Å². The van der Waals surface area contributed by atoms with Crippen LogP contribution in [-0.2, 0) is 13.0 Å². The van der Waals surface area contributed by atoms with E-state index in [2.05, 4.69) is 53.9 Å². The summed E-state index contributed by atoms with van der Waals surface area (Å²) in [5, 5.41) is 0.647. The van der Waals surface area contributed by atoms with Crippen LogP contribution in [0, 0.1) is 0 Å². The molecule has 1 unspecified atom stereocenters. The standard InChI is InChI=1S/C15H18N2S/c1-11(2)15-16-7-8-17(15)10-13-9-12-5-3-4-6-14(12)18-13/h3-8,11,13H,9-10H2,1-2H3. The molecule has 1 aliphatic heterocycles. The molecule has 0 spiro atoms. The third-order valence-electron chi connectivity index (χ3n) is 3.38. The van der Waals surface area contributed by atoms with Crippen molar-refractivity contribution in [2.75, 3.05) is 0 Å². The Morgan fingerprint density at radius 1 is 1.39 bits per heavy atom. The van der Waals surface area contributed by atoms with Gasteiger partial charge in [0.05, 0.1) is 0 Å². The Kier molecular flexibility index (Phi) is 3.16. The van der Waals surface area contributed by atoms with E-state index in [0.717, 1.165) is 6.54 Å². The lowest BCUT2D eigenvalue weighted by Gasteiger charge is -2.14. The van der Waals surface area contributed by atoms with E-state index in [4.69, 9.17) is 0 Å². The van der Waals surface area contributed by atoms with Gasteiger partial charge in [0.25, 0.3) is 0 Å². The predicted octanol–water partition coefficient (Wildman–Crippen LogP) is 3.72. The molecule has 0 saturated heterocycles. The predicted molar refractivity (Wildman–Crippen MR) is 76.1 cm³/mol. The molecule has 1 aliphatic rings. The molecule has 1 aromatic heterocycles. The molecule has 1 aromatic carbocycles. The van der Waals surface area contributed by atoms with Crippen molar-refractivity contribution in [1.82, 2.24) is 9.55 Å². The molecule has 0 saturated carbocycles. The maximum absolute atomic E-state index is 4.46. The van der Waals surface area contributed by atoms with Crippen LogP contribution < -0.4 is 0 Å². The number of hydrogen-bond donors (Lipinski definition) is 0. The number of thioether (sulfide) groups is 1. The van der Waals surface area contributed by atoms with Crippen LogP contribution in [0.1, 0.15) is 31.2 Å². The molecule has 94 valence electrons. The second-order valence-electron chi connectivity index (χ2n) is 5.14. The van der Waals surface area contributed by atoms with Crippen LogP contribution in [0.4, 0.5) is 0 Å². The lowest BCUT2D eigenvalue weighted by Crippen LogP contribution is -2.14. The van der Waals surface area contributed by atoms with Gasteiger partial charge in [0.15, 0.2) is 0 Å². The monoisotopic (exact) mass is 258 g/mol. The van der Waals surface area contributed by atoms with Gasteiger partial charge in [-0.25, -0.2) is 4.98 Å². The number of hydrogen-bond acceptors (Lipinski definition) is 2. The number of fused-ring (bicyclic) bond motifs is 1. The highest BCUT2D eigenvalue weighted by Crippen LogP contribution is 2.37. The fraction of sp³-hybridized carbons (Fsp3) is 0.400. The minimum absolute atomic E-state index is 0.494. The van der Waals surface area contributed by atoms with E-state index in [9.17, 15) is 0 Å². The highest BCUT2D eigenvalue weighted by molar-refractivity contribution is 8.00. The first-order valence-corrected chi connectivity index (χ1v) is 7.37. The SMILES string of the molecule is CC(C)c1nccn1CC1Cc2ccccc2S1. The lowest BCUT2D eigenvalue weighted by atomic mass is 10.1. The van der Waals surface area contributed by atoms with Crippen molar-refractivity contribution in [2.45, 2.75) is 42.9 Å². The molecule has 2 nitrogen and oxygen atoms in total. The van der Waals surface area contributed by atoms with E-state index in [1.54, 1.807) is 0 Å². The van der Waals surface area contributed by atoms with Gasteiger partial charge < -0.3 is 4.57 Å². The van der Waals surface area contributed by atoms with E-state index < -0.39 is 0 Å². The summed E-state index contributed by atoms with van der Waals surface area (Å²) < 4.78 is 2.31. The third kappa shape index (κ3) is 2.19. The van der Waals surface area contributed by atoms with Crippen LogP contribution in [0.25, 0.3) is 0 Å². The Morgan fingerprint density at radius 3 is 3.00 bits per heavy atom. The number of nitrogens with zero attached hydrogens (tertiary/aromatic N) is 2. The molecule has 0 N–H and O–H groups in total. The van der Waals surface area contributed by atoms with Gasteiger partial charge in [0.1, 0.15) is 5.82 Å². The fourth-order valence-electron chi connectivity index (χ4n) is 2.55. The van der Waals surface area contributed by atoms with Gasteiger partial charge in [-0.15, -0.1) is 11.8 Å². The van der Waals surface area contributed by atoms with Gasteiger partial charge in [-0.2, -0.15) is 0 Å². The molecule has 3 heteroatoms. The molecule has 1 atom stereocenters. The molecular formula is C15H18N2S. The molecule has 18 heavy (non-hydrogen) atoms. The van der Waals surface area contributed by atoms with Crippen LogP contribution in [-0.4, -0.2) is 14.8 Å². The second kappa shape index (κ2) is 4.81.